The summed E-state index contributed by atoms with van der Waals surface area (Å²) in [7, 11) is 0. The van der Waals surface area contributed by atoms with Gasteiger partial charge in [-0.3, -0.25) is 4.79 Å². The molecule has 0 spiro atoms. The van der Waals surface area contributed by atoms with Gasteiger partial charge in [0.05, 0.1) is 0 Å². The van der Waals surface area contributed by atoms with Crippen molar-refractivity contribution in [1.82, 2.24) is 4.90 Å². The van der Waals surface area contributed by atoms with Crippen LogP contribution in [-0.2, 0) is 4.79 Å². The monoisotopic (exact) mass is 269 g/mol. The third-order valence-corrected chi connectivity index (χ3v) is 4.00. The van der Waals surface area contributed by atoms with Crippen molar-refractivity contribution >= 4 is 11.7 Å². The van der Waals surface area contributed by atoms with Crippen LogP contribution in [0.4, 0.5) is 0 Å². The van der Waals surface area contributed by atoms with E-state index in [1.54, 1.807) is 0 Å². The lowest BCUT2D eigenvalue weighted by Crippen LogP contribution is -2.37. The summed E-state index contributed by atoms with van der Waals surface area (Å²) in [5, 5.41) is 11.5. The Morgan fingerprint density at radius 3 is 2.47 bits per heavy atom. The topological polar surface area (TPSA) is 78.9 Å². The number of hydrogen-bond donors (Lipinski definition) is 2. The molecule has 1 aliphatic carbocycles. The van der Waals surface area contributed by atoms with Crippen LogP contribution < -0.4 is 5.73 Å². The van der Waals surface area contributed by atoms with E-state index < -0.39 is 0 Å². The van der Waals surface area contributed by atoms with Crippen molar-refractivity contribution in [2.45, 2.75) is 59.4 Å². The highest BCUT2D eigenvalue weighted by Crippen LogP contribution is 2.32. The molecule has 1 unspecified atom stereocenters. The van der Waals surface area contributed by atoms with Gasteiger partial charge in [0.1, 0.15) is 5.84 Å². The van der Waals surface area contributed by atoms with Crippen LogP contribution in [0.2, 0.25) is 0 Å². The van der Waals surface area contributed by atoms with Gasteiger partial charge in [0.25, 0.3) is 0 Å². The maximum atomic E-state index is 12.4. The third-order valence-electron chi connectivity index (χ3n) is 4.00. The van der Waals surface area contributed by atoms with Gasteiger partial charge >= 0.3 is 0 Å². The van der Waals surface area contributed by atoms with Crippen LogP contribution in [0.25, 0.3) is 0 Å². The highest BCUT2D eigenvalue weighted by Gasteiger charge is 2.34. The van der Waals surface area contributed by atoms with Crippen molar-refractivity contribution in [3.63, 3.8) is 0 Å². The third kappa shape index (κ3) is 5.09. The Kier molecular flexibility index (Phi) is 5.20. The fourth-order valence-electron chi connectivity index (χ4n) is 1.87. The second-order valence-corrected chi connectivity index (χ2v) is 6.63. The summed E-state index contributed by atoms with van der Waals surface area (Å²) in [5.74, 6) is 0.711. The average Bonchev–Trinajstić information content (AvgIpc) is 3.11. The number of carbonyl (C=O) groups excluding carboxylic acids is 1. The fraction of sp³-hybridized carbons (Fsp3) is 0.857. The van der Waals surface area contributed by atoms with Crippen molar-refractivity contribution in [3.05, 3.63) is 0 Å². The molecule has 1 fully saturated rings. The number of amides is 1. The van der Waals surface area contributed by atoms with Gasteiger partial charge in [-0.05, 0) is 24.2 Å². The molecule has 0 aromatic carbocycles. The number of nitrogens with two attached hydrogens (primary N) is 1. The van der Waals surface area contributed by atoms with Crippen molar-refractivity contribution in [2.24, 2.45) is 22.2 Å². The predicted octanol–water partition coefficient (Wildman–Crippen LogP) is 2.19. The molecule has 110 valence electrons. The predicted molar refractivity (Wildman–Crippen MR) is 76.0 cm³/mol. The van der Waals surface area contributed by atoms with Gasteiger partial charge in [-0.1, -0.05) is 32.9 Å². The molecule has 1 saturated carbocycles. The van der Waals surface area contributed by atoms with Crippen LogP contribution in [0.1, 0.15) is 53.4 Å². The minimum atomic E-state index is 0.135. The lowest BCUT2D eigenvalue weighted by Gasteiger charge is -2.30. The molecule has 0 bridgehead atoms. The first-order valence-electron chi connectivity index (χ1n) is 7.01. The Labute approximate surface area is 115 Å². The van der Waals surface area contributed by atoms with Gasteiger partial charge in [-0.15, -0.1) is 0 Å². The maximum Gasteiger partial charge on any atom is 0.223 e. The van der Waals surface area contributed by atoms with Crippen LogP contribution in [-0.4, -0.2) is 34.4 Å². The quantitative estimate of drug-likeness (QED) is 0.336. The molecule has 5 nitrogen and oxygen atoms in total. The molecule has 1 atom stereocenters. The van der Waals surface area contributed by atoms with E-state index in [9.17, 15) is 4.79 Å². The zero-order valence-electron chi connectivity index (χ0n) is 12.5. The van der Waals surface area contributed by atoms with E-state index in [0.29, 0.717) is 31.3 Å². The van der Waals surface area contributed by atoms with E-state index >= 15 is 0 Å². The molecule has 0 saturated heterocycles. The number of rotatable bonds is 6. The standard InChI is InChI=1S/C14H27N3O2/c1-10(14(2,3)4)9-13(18)17(11-5-6-11)8-7-12(15)16-19/h10-11,19H,5-9H2,1-4H3,(H2,15,16). The van der Waals surface area contributed by atoms with E-state index in [1.165, 1.54) is 0 Å². The molecule has 1 aliphatic rings. The van der Waals surface area contributed by atoms with Crippen molar-refractivity contribution in [3.8, 4) is 0 Å². The zero-order chi connectivity index (χ0) is 14.6. The van der Waals surface area contributed by atoms with E-state index in [1.807, 2.05) is 4.90 Å². The minimum absolute atomic E-state index is 0.135. The molecule has 1 rings (SSSR count). The van der Waals surface area contributed by atoms with E-state index in [4.69, 9.17) is 10.9 Å². The maximum absolute atomic E-state index is 12.4. The number of oxime groups is 1. The van der Waals surface area contributed by atoms with Gasteiger partial charge in [0.2, 0.25) is 5.91 Å². The van der Waals surface area contributed by atoms with Gasteiger partial charge in [-0.25, -0.2) is 0 Å². The largest absolute Gasteiger partial charge is 0.409 e. The van der Waals surface area contributed by atoms with Gasteiger partial charge in [0, 0.05) is 25.4 Å². The highest BCUT2D eigenvalue weighted by atomic mass is 16.4. The second-order valence-electron chi connectivity index (χ2n) is 6.63. The average molecular weight is 269 g/mol. The second kappa shape index (κ2) is 6.26. The number of carbonyl (C=O) groups is 1. The summed E-state index contributed by atoms with van der Waals surface area (Å²) < 4.78 is 0. The summed E-state index contributed by atoms with van der Waals surface area (Å²) in [6.07, 6.45) is 3.15. The van der Waals surface area contributed by atoms with Crippen LogP contribution in [0.5, 0.6) is 0 Å². The van der Waals surface area contributed by atoms with Gasteiger partial charge in [-0.2, -0.15) is 0 Å². The molecule has 19 heavy (non-hydrogen) atoms. The Bertz CT molecular complexity index is 343. The Balaban J connectivity index is 2.54. The van der Waals surface area contributed by atoms with Crippen LogP contribution >= 0.6 is 0 Å². The van der Waals surface area contributed by atoms with Gasteiger partial charge < -0.3 is 15.8 Å². The zero-order valence-corrected chi connectivity index (χ0v) is 12.5. The summed E-state index contributed by atoms with van der Waals surface area (Å²) in [4.78, 5) is 14.3. The van der Waals surface area contributed by atoms with Crippen molar-refractivity contribution in [1.29, 1.82) is 0 Å². The first-order chi connectivity index (χ1) is 8.75. The minimum Gasteiger partial charge on any atom is -0.409 e. The number of hydrogen-bond acceptors (Lipinski definition) is 3. The lowest BCUT2D eigenvalue weighted by molar-refractivity contribution is -0.133. The van der Waals surface area contributed by atoms with Crippen LogP contribution in [0.15, 0.2) is 5.16 Å². The normalized spacial score (nSPS) is 18.2. The van der Waals surface area contributed by atoms with Gasteiger partial charge in [0.15, 0.2) is 0 Å². The number of nitrogens with zero attached hydrogens (tertiary/aromatic N) is 2. The van der Waals surface area contributed by atoms with Crippen LogP contribution in [0.3, 0.4) is 0 Å². The molecule has 5 heteroatoms. The van der Waals surface area contributed by atoms with E-state index in [-0.39, 0.29) is 17.2 Å². The summed E-state index contributed by atoms with van der Waals surface area (Å²) >= 11 is 0. The lowest BCUT2D eigenvalue weighted by atomic mass is 9.80. The van der Waals surface area contributed by atoms with Crippen molar-refractivity contribution in [2.75, 3.05) is 6.54 Å². The SMILES string of the molecule is CC(CC(=O)N(CCC(N)=NO)C1CC1)C(C)(C)C. The Hall–Kier alpha value is -1.26. The Morgan fingerprint density at radius 2 is 2.05 bits per heavy atom. The molecular weight excluding hydrogens is 242 g/mol. The van der Waals surface area contributed by atoms with E-state index in [2.05, 4.69) is 32.9 Å². The first kappa shape index (κ1) is 15.8. The molecule has 0 aliphatic heterocycles. The first-order valence-corrected chi connectivity index (χ1v) is 7.01. The molecule has 3 N–H and O–H groups in total. The molecule has 0 aromatic heterocycles. The van der Waals surface area contributed by atoms with Crippen LogP contribution in [0, 0.1) is 11.3 Å². The molecule has 0 aromatic rings. The fourth-order valence-corrected chi connectivity index (χ4v) is 1.87. The molecule has 0 radical (unpaired) electrons. The molecule has 0 heterocycles. The Morgan fingerprint density at radius 1 is 1.47 bits per heavy atom. The number of amidine groups is 1. The van der Waals surface area contributed by atoms with Crippen molar-refractivity contribution < 1.29 is 10.0 Å². The highest BCUT2D eigenvalue weighted by molar-refractivity contribution is 5.81. The summed E-state index contributed by atoms with van der Waals surface area (Å²) in [6, 6.07) is 0.367. The smallest absolute Gasteiger partial charge is 0.223 e. The summed E-state index contributed by atoms with van der Waals surface area (Å²) in [6.45, 7) is 9.14. The van der Waals surface area contributed by atoms with E-state index in [0.717, 1.165) is 12.8 Å². The molecule has 1 amide bonds. The summed E-state index contributed by atoms with van der Waals surface area (Å²) in [5.41, 5.74) is 5.61. The molecular formula is C14H27N3O2.